The molecule has 0 amide bonds. The predicted octanol–water partition coefficient (Wildman–Crippen LogP) is 1.44. The third-order valence-electron chi connectivity index (χ3n) is 2.65. The number of rotatable bonds is 4. The molecule has 0 radical (unpaired) electrons. The third-order valence-corrected chi connectivity index (χ3v) is 2.65. The van der Waals surface area contributed by atoms with Gasteiger partial charge >= 0.3 is 0 Å². The Kier molecular flexibility index (Phi) is 3.22. The van der Waals surface area contributed by atoms with Crippen LogP contribution in [0.5, 0.6) is 0 Å². The van der Waals surface area contributed by atoms with Gasteiger partial charge in [-0.2, -0.15) is 0 Å². The number of imidazole rings is 1. The van der Waals surface area contributed by atoms with Crippen molar-refractivity contribution in [2.24, 2.45) is 5.73 Å². The number of aryl methyl sites for hydroxylation is 1. The van der Waals surface area contributed by atoms with Crippen LogP contribution in [-0.2, 0) is 6.54 Å². The molecule has 3 N–H and O–H groups in total. The van der Waals surface area contributed by atoms with Gasteiger partial charge in [0.25, 0.3) is 0 Å². The van der Waals surface area contributed by atoms with Gasteiger partial charge in [-0.25, -0.2) is 4.98 Å². The van der Waals surface area contributed by atoms with Crippen molar-refractivity contribution < 1.29 is 5.11 Å². The van der Waals surface area contributed by atoms with Gasteiger partial charge in [-0.15, -0.1) is 0 Å². The molecule has 0 spiro atoms. The van der Waals surface area contributed by atoms with E-state index in [0.29, 0.717) is 5.82 Å². The number of para-hydroxylation sites is 2. The highest BCUT2D eigenvalue weighted by molar-refractivity contribution is 5.76. The minimum atomic E-state index is -0.682. The monoisotopic (exact) mass is 219 g/mol. The van der Waals surface area contributed by atoms with Crippen LogP contribution in [0.25, 0.3) is 11.0 Å². The standard InChI is InChI=1S/C12H17N3O/c1-2-7-15-10-6-4-3-5-9(10)14-12(15)11(16)8-13/h3-6,11,16H,2,7-8,13H2,1H3. The van der Waals surface area contributed by atoms with Crippen LogP contribution in [0, 0.1) is 0 Å². The van der Waals surface area contributed by atoms with Crippen molar-refractivity contribution >= 4 is 11.0 Å². The molecule has 4 heteroatoms. The molecular formula is C12H17N3O. The number of aromatic nitrogens is 2. The number of aliphatic hydroxyl groups is 1. The van der Waals surface area contributed by atoms with Crippen molar-refractivity contribution in [2.45, 2.75) is 26.0 Å². The molecule has 1 atom stereocenters. The number of hydrogen-bond acceptors (Lipinski definition) is 3. The Balaban J connectivity index is 2.58. The topological polar surface area (TPSA) is 64.1 Å². The lowest BCUT2D eigenvalue weighted by atomic mass is 10.3. The first kappa shape index (κ1) is 11.1. The van der Waals surface area contributed by atoms with Crippen LogP contribution in [-0.4, -0.2) is 21.2 Å². The van der Waals surface area contributed by atoms with Crippen LogP contribution in [0.2, 0.25) is 0 Å². The van der Waals surface area contributed by atoms with Crippen LogP contribution in [0.3, 0.4) is 0 Å². The molecule has 0 fully saturated rings. The molecule has 0 aliphatic heterocycles. The van der Waals surface area contributed by atoms with Gasteiger partial charge in [-0.3, -0.25) is 0 Å². The maximum Gasteiger partial charge on any atom is 0.140 e. The third kappa shape index (κ3) is 1.81. The van der Waals surface area contributed by atoms with Crippen LogP contribution < -0.4 is 5.73 Å². The zero-order valence-corrected chi connectivity index (χ0v) is 9.43. The molecule has 0 saturated carbocycles. The first-order valence-corrected chi connectivity index (χ1v) is 5.61. The number of benzene rings is 1. The zero-order chi connectivity index (χ0) is 11.5. The molecule has 1 aromatic heterocycles. The van der Waals surface area contributed by atoms with E-state index in [9.17, 15) is 5.11 Å². The fourth-order valence-corrected chi connectivity index (χ4v) is 1.91. The molecule has 0 aliphatic rings. The van der Waals surface area contributed by atoms with E-state index >= 15 is 0 Å². The summed E-state index contributed by atoms with van der Waals surface area (Å²) in [7, 11) is 0. The van der Waals surface area contributed by atoms with E-state index in [-0.39, 0.29) is 6.54 Å². The van der Waals surface area contributed by atoms with E-state index in [2.05, 4.69) is 11.9 Å². The lowest BCUT2D eigenvalue weighted by Crippen LogP contribution is -2.17. The predicted molar refractivity (Wildman–Crippen MR) is 64.0 cm³/mol. The molecule has 1 aromatic carbocycles. The summed E-state index contributed by atoms with van der Waals surface area (Å²) in [6, 6.07) is 7.90. The van der Waals surface area contributed by atoms with E-state index in [4.69, 9.17) is 5.73 Å². The summed E-state index contributed by atoms with van der Waals surface area (Å²) in [6.45, 7) is 3.16. The lowest BCUT2D eigenvalue weighted by molar-refractivity contribution is 0.172. The van der Waals surface area contributed by atoms with Gasteiger partial charge in [-0.1, -0.05) is 19.1 Å². The Hall–Kier alpha value is -1.39. The van der Waals surface area contributed by atoms with E-state index in [1.807, 2.05) is 28.8 Å². The Bertz CT molecular complexity index is 478. The molecule has 1 heterocycles. The van der Waals surface area contributed by atoms with E-state index in [0.717, 1.165) is 24.0 Å². The van der Waals surface area contributed by atoms with Crippen molar-refractivity contribution in [1.82, 2.24) is 9.55 Å². The highest BCUT2D eigenvalue weighted by Gasteiger charge is 2.15. The summed E-state index contributed by atoms with van der Waals surface area (Å²) in [4.78, 5) is 4.44. The first-order chi connectivity index (χ1) is 7.77. The highest BCUT2D eigenvalue weighted by Crippen LogP contribution is 2.20. The summed E-state index contributed by atoms with van der Waals surface area (Å²) in [6.07, 6.45) is 0.323. The molecule has 2 rings (SSSR count). The Morgan fingerprint density at radius 1 is 1.44 bits per heavy atom. The Morgan fingerprint density at radius 3 is 2.88 bits per heavy atom. The van der Waals surface area contributed by atoms with Gasteiger partial charge in [0.15, 0.2) is 0 Å². The van der Waals surface area contributed by atoms with Gasteiger partial charge in [0.1, 0.15) is 11.9 Å². The summed E-state index contributed by atoms with van der Waals surface area (Å²) in [5, 5.41) is 9.83. The van der Waals surface area contributed by atoms with Crippen LogP contribution in [0.15, 0.2) is 24.3 Å². The van der Waals surface area contributed by atoms with Gasteiger partial charge < -0.3 is 15.4 Å². The van der Waals surface area contributed by atoms with E-state index in [1.165, 1.54) is 0 Å². The Morgan fingerprint density at radius 2 is 2.19 bits per heavy atom. The molecule has 16 heavy (non-hydrogen) atoms. The Labute approximate surface area is 94.7 Å². The highest BCUT2D eigenvalue weighted by atomic mass is 16.3. The minimum Gasteiger partial charge on any atom is -0.384 e. The van der Waals surface area contributed by atoms with Crippen LogP contribution in [0.4, 0.5) is 0 Å². The number of fused-ring (bicyclic) bond motifs is 1. The molecule has 0 saturated heterocycles. The van der Waals surface area contributed by atoms with Gasteiger partial charge in [-0.05, 0) is 18.6 Å². The quantitative estimate of drug-likeness (QED) is 0.817. The smallest absolute Gasteiger partial charge is 0.140 e. The minimum absolute atomic E-state index is 0.201. The summed E-state index contributed by atoms with van der Waals surface area (Å²) in [5.41, 5.74) is 7.46. The maximum atomic E-state index is 9.83. The second-order valence-corrected chi connectivity index (χ2v) is 3.86. The van der Waals surface area contributed by atoms with Crippen LogP contribution in [0.1, 0.15) is 25.3 Å². The molecule has 0 bridgehead atoms. The van der Waals surface area contributed by atoms with Crippen LogP contribution >= 0.6 is 0 Å². The second kappa shape index (κ2) is 4.63. The average molecular weight is 219 g/mol. The van der Waals surface area contributed by atoms with Gasteiger partial charge in [0.05, 0.1) is 11.0 Å². The maximum absolute atomic E-state index is 9.83. The fraction of sp³-hybridized carbons (Fsp3) is 0.417. The zero-order valence-electron chi connectivity index (χ0n) is 9.43. The molecule has 86 valence electrons. The number of aliphatic hydroxyl groups excluding tert-OH is 1. The van der Waals surface area contributed by atoms with E-state index < -0.39 is 6.10 Å². The normalized spacial score (nSPS) is 13.2. The average Bonchev–Trinajstić information content (AvgIpc) is 2.68. The number of hydrogen-bond donors (Lipinski definition) is 2. The number of nitrogens with two attached hydrogens (primary N) is 1. The van der Waals surface area contributed by atoms with Crippen molar-refractivity contribution in [3.8, 4) is 0 Å². The van der Waals surface area contributed by atoms with Crippen molar-refractivity contribution in [1.29, 1.82) is 0 Å². The summed E-state index contributed by atoms with van der Waals surface area (Å²) < 4.78 is 2.05. The van der Waals surface area contributed by atoms with Gasteiger partial charge in [0.2, 0.25) is 0 Å². The second-order valence-electron chi connectivity index (χ2n) is 3.86. The molecule has 1 unspecified atom stereocenters. The molecule has 2 aromatic rings. The summed E-state index contributed by atoms with van der Waals surface area (Å²) in [5.74, 6) is 0.672. The largest absolute Gasteiger partial charge is 0.384 e. The molecule has 4 nitrogen and oxygen atoms in total. The number of nitrogens with zero attached hydrogens (tertiary/aromatic N) is 2. The SMILES string of the molecule is CCCn1c(C(O)CN)nc2ccccc21. The molecular weight excluding hydrogens is 202 g/mol. The van der Waals surface area contributed by atoms with Crippen molar-refractivity contribution in [3.63, 3.8) is 0 Å². The summed E-state index contributed by atoms with van der Waals surface area (Å²) >= 11 is 0. The van der Waals surface area contributed by atoms with E-state index in [1.54, 1.807) is 0 Å². The van der Waals surface area contributed by atoms with Crippen molar-refractivity contribution in [3.05, 3.63) is 30.1 Å². The van der Waals surface area contributed by atoms with Crippen molar-refractivity contribution in [2.75, 3.05) is 6.54 Å². The first-order valence-electron chi connectivity index (χ1n) is 5.61. The lowest BCUT2D eigenvalue weighted by Gasteiger charge is -2.11. The fourth-order valence-electron chi connectivity index (χ4n) is 1.91. The van der Waals surface area contributed by atoms with Gasteiger partial charge in [0, 0.05) is 13.1 Å². The molecule has 0 aliphatic carbocycles.